The van der Waals surface area contributed by atoms with Crippen molar-refractivity contribution in [3.05, 3.63) is 0 Å². The first-order valence-electron chi connectivity index (χ1n) is 6.18. The first-order valence-corrected chi connectivity index (χ1v) is 6.18. The fourth-order valence-electron chi connectivity index (χ4n) is 2.53. The van der Waals surface area contributed by atoms with E-state index in [9.17, 15) is 4.79 Å². The van der Waals surface area contributed by atoms with E-state index in [-0.39, 0.29) is 12.0 Å². The van der Waals surface area contributed by atoms with E-state index < -0.39 is 0 Å². The molecule has 3 nitrogen and oxygen atoms in total. The van der Waals surface area contributed by atoms with Crippen molar-refractivity contribution in [2.75, 3.05) is 19.7 Å². The summed E-state index contributed by atoms with van der Waals surface area (Å²) in [6, 6.07) is 0. The standard InChI is InChI=1S/C12H21NO2/c1-10-5-4-7-13(9-10)12(14)11-6-2-3-8-15-11/h10-11H,2-9H2,1H3/t10-,11?/m0/s1. The van der Waals surface area contributed by atoms with Gasteiger partial charge in [0, 0.05) is 19.7 Å². The fraction of sp³-hybridized carbons (Fsp3) is 0.917. The minimum Gasteiger partial charge on any atom is -0.368 e. The largest absolute Gasteiger partial charge is 0.368 e. The number of carbonyl (C=O) groups excluding carboxylic acids is 1. The molecule has 2 saturated heterocycles. The van der Waals surface area contributed by atoms with E-state index in [0.717, 1.165) is 45.4 Å². The third-order valence-corrected chi connectivity index (χ3v) is 3.42. The van der Waals surface area contributed by atoms with Crippen LogP contribution in [-0.2, 0) is 9.53 Å². The van der Waals surface area contributed by atoms with Crippen LogP contribution >= 0.6 is 0 Å². The molecular weight excluding hydrogens is 190 g/mol. The molecule has 2 rings (SSSR count). The van der Waals surface area contributed by atoms with Gasteiger partial charge in [-0.1, -0.05) is 6.92 Å². The van der Waals surface area contributed by atoms with Gasteiger partial charge in [0.05, 0.1) is 0 Å². The highest BCUT2D eigenvalue weighted by Crippen LogP contribution is 2.20. The molecule has 2 heterocycles. The Hall–Kier alpha value is -0.570. The molecule has 3 heteroatoms. The van der Waals surface area contributed by atoms with Crippen molar-refractivity contribution in [2.24, 2.45) is 5.92 Å². The summed E-state index contributed by atoms with van der Waals surface area (Å²) >= 11 is 0. The summed E-state index contributed by atoms with van der Waals surface area (Å²) in [6.07, 6.45) is 5.45. The lowest BCUT2D eigenvalue weighted by atomic mass is 9.99. The first-order chi connectivity index (χ1) is 7.27. The molecule has 0 saturated carbocycles. The Bertz CT molecular complexity index is 224. The van der Waals surface area contributed by atoms with Crippen LogP contribution in [0.3, 0.4) is 0 Å². The lowest BCUT2D eigenvalue weighted by molar-refractivity contribution is -0.148. The second-order valence-corrected chi connectivity index (χ2v) is 4.89. The van der Waals surface area contributed by atoms with Crippen LogP contribution in [0.5, 0.6) is 0 Å². The van der Waals surface area contributed by atoms with Gasteiger partial charge in [-0.3, -0.25) is 4.79 Å². The number of piperidine rings is 1. The predicted molar refractivity (Wildman–Crippen MR) is 58.6 cm³/mol. The van der Waals surface area contributed by atoms with Crippen LogP contribution in [0.15, 0.2) is 0 Å². The predicted octanol–water partition coefficient (Wildman–Crippen LogP) is 1.81. The van der Waals surface area contributed by atoms with Crippen molar-refractivity contribution < 1.29 is 9.53 Å². The van der Waals surface area contributed by atoms with Gasteiger partial charge in [-0.25, -0.2) is 0 Å². The van der Waals surface area contributed by atoms with Crippen LogP contribution in [-0.4, -0.2) is 36.6 Å². The second kappa shape index (κ2) is 4.97. The van der Waals surface area contributed by atoms with Crippen molar-refractivity contribution in [3.63, 3.8) is 0 Å². The van der Waals surface area contributed by atoms with Gasteiger partial charge in [0.25, 0.3) is 5.91 Å². The Morgan fingerprint density at radius 1 is 1.27 bits per heavy atom. The number of carbonyl (C=O) groups is 1. The van der Waals surface area contributed by atoms with Gasteiger partial charge in [-0.15, -0.1) is 0 Å². The monoisotopic (exact) mass is 211 g/mol. The molecule has 0 aromatic rings. The third-order valence-electron chi connectivity index (χ3n) is 3.42. The van der Waals surface area contributed by atoms with Crippen LogP contribution in [0.25, 0.3) is 0 Å². The van der Waals surface area contributed by atoms with Gasteiger partial charge in [0.1, 0.15) is 6.10 Å². The summed E-state index contributed by atoms with van der Waals surface area (Å²) in [5, 5.41) is 0. The van der Waals surface area contributed by atoms with Gasteiger partial charge in [0.15, 0.2) is 0 Å². The van der Waals surface area contributed by atoms with Gasteiger partial charge >= 0.3 is 0 Å². The van der Waals surface area contributed by atoms with Gasteiger partial charge in [-0.2, -0.15) is 0 Å². The van der Waals surface area contributed by atoms with Crippen molar-refractivity contribution in [2.45, 2.75) is 45.1 Å². The SMILES string of the molecule is C[C@H]1CCCN(C(=O)C2CCCCO2)C1. The number of nitrogens with zero attached hydrogens (tertiary/aromatic N) is 1. The highest BCUT2D eigenvalue weighted by molar-refractivity contribution is 5.81. The number of amides is 1. The molecule has 2 atom stereocenters. The molecule has 2 aliphatic heterocycles. The van der Waals surface area contributed by atoms with Gasteiger partial charge in [-0.05, 0) is 38.0 Å². The maximum atomic E-state index is 12.1. The smallest absolute Gasteiger partial charge is 0.251 e. The minimum atomic E-state index is -0.135. The molecule has 86 valence electrons. The quantitative estimate of drug-likeness (QED) is 0.662. The Kier molecular flexibility index (Phi) is 3.62. The lowest BCUT2D eigenvalue weighted by Crippen LogP contribution is -2.46. The highest BCUT2D eigenvalue weighted by Gasteiger charge is 2.29. The summed E-state index contributed by atoms with van der Waals surface area (Å²) in [4.78, 5) is 14.1. The summed E-state index contributed by atoms with van der Waals surface area (Å²) in [6.45, 7) is 4.85. The van der Waals surface area contributed by atoms with Crippen LogP contribution < -0.4 is 0 Å². The van der Waals surface area contributed by atoms with E-state index in [1.165, 1.54) is 6.42 Å². The fourth-order valence-corrected chi connectivity index (χ4v) is 2.53. The lowest BCUT2D eigenvalue weighted by Gasteiger charge is -2.34. The normalized spacial score (nSPS) is 32.7. The number of likely N-dealkylation sites (tertiary alicyclic amines) is 1. The zero-order valence-corrected chi connectivity index (χ0v) is 9.58. The molecule has 0 N–H and O–H groups in total. The molecular formula is C12H21NO2. The van der Waals surface area contributed by atoms with Gasteiger partial charge in [0.2, 0.25) is 0 Å². The van der Waals surface area contributed by atoms with Crippen molar-refractivity contribution in [1.82, 2.24) is 4.90 Å². The van der Waals surface area contributed by atoms with Crippen molar-refractivity contribution >= 4 is 5.91 Å². The molecule has 0 bridgehead atoms. The molecule has 0 aromatic carbocycles. The number of rotatable bonds is 1. The van der Waals surface area contributed by atoms with Crippen LogP contribution in [0.1, 0.15) is 39.0 Å². The van der Waals surface area contributed by atoms with Crippen molar-refractivity contribution in [3.8, 4) is 0 Å². The Balaban J connectivity index is 1.88. The summed E-state index contributed by atoms with van der Waals surface area (Å²) in [5.74, 6) is 0.896. The molecule has 0 radical (unpaired) electrons. The Morgan fingerprint density at radius 2 is 2.13 bits per heavy atom. The summed E-state index contributed by atoms with van der Waals surface area (Å²) < 4.78 is 5.54. The highest BCUT2D eigenvalue weighted by atomic mass is 16.5. The molecule has 1 amide bonds. The minimum absolute atomic E-state index is 0.135. The first kappa shape index (κ1) is 10.9. The topological polar surface area (TPSA) is 29.5 Å². The molecule has 1 unspecified atom stereocenters. The summed E-state index contributed by atoms with van der Waals surface area (Å²) in [7, 11) is 0. The van der Waals surface area contributed by atoms with Crippen molar-refractivity contribution in [1.29, 1.82) is 0 Å². The second-order valence-electron chi connectivity index (χ2n) is 4.89. The third kappa shape index (κ3) is 2.71. The number of ether oxygens (including phenoxy) is 1. The zero-order valence-electron chi connectivity index (χ0n) is 9.58. The zero-order chi connectivity index (χ0) is 10.7. The van der Waals surface area contributed by atoms with Gasteiger partial charge < -0.3 is 9.64 Å². The summed E-state index contributed by atoms with van der Waals surface area (Å²) in [5.41, 5.74) is 0. The maximum Gasteiger partial charge on any atom is 0.251 e. The molecule has 15 heavy (non-hydrogen) atoms. The molecule has 0 aromatic heterocycles. The number of hydrogen-bond acceptors (Lipinski definition) is 2. The number of hydrogen-bond donors (Lipinski definition) is 0. The van der Waals surface area contributed by atoms with Crippen LogP contribution in [0, 0.1) is 5.92 Å². The molecule has 0 spiro atoms. The Morgan fingerprint density at radius 3 is 2.80 bits per heavy atom. The van der Waals surface area contributed by atoms with E-state index in [2.05, 4.69) is 6.92 Å². The molecule has 0 aliphatic carbocycles. The van der Waals surface area contributed by atoms with Crippen LogP contribution in [0.4, 0.5) is 0 Å². The van der Waals surface area contributed by atoms with E-state index >= 15 is 0 Å². The molecule has 2 fully saturated rings. The Labute approximate surface area is 91.8 Å². The van der Waals surface area contributed by atoms with E-state index in [1.807, 2.05) is 4.90 Å². The van der Waals surface area contributed by atoms with Crippen LogP contribution in [0.2, 0.25) is 0 Å². The average molecular weight is 211 g/mol. The van der Waals surface area contributed by atoms with E-state index in [4.69, 9.17) is 4.74 Å². The average Bonchev–Trinajstić information content (AvgIpc) is 2.29. The maximum absolute atomic E-state index is 12.1. The van der Waals surface area contributed by atoms with E-state index in [0.29, 0.717) is 5.92 Å². The molecule has 2 aliphatic rings. The van der Waals surface area contributed by atoms with E-state index in [1.54, 1.807) is 0 Å².